The number of hydrogen-bond donors (Lipinski definition) is 3. The summed E-state index contributed by atoms with van der Waals surface area (Å²) in [7, 11) is 0. The summed E-state index contributed by atoms with van der Waals surface area (Å²) in [6.45, 7) is 3.82. The fourth-order valence-electron chi connectivity index (χ4n) is 4.25. The fraction of sp³-hybridized carbons (Fsp3) is 0.333. The number of aromatic nitrogens is 1. The summed E-state index contributed by atoms with van der Waals surface area (Å²) >= 11 is 2.21. The Labute approximate surface area is 206 Å². The summed E-state index contributed by atoms with van der Waals surface area (Å²) in [5, 5.41) is 5.03. The van der Waals surface area contributed by atoms with Crippen LogP contribution in [0.15, 0.2) is 35.7 Å². The number of anilines is 2. The van der Waals surface area contributed by atoms with Gasteiger partial charge in [0.2, 0.25) is 5.91 Å². The normalized spacial score (nSPS) is 14.6. The number of carbonyl (C=O) groups is 3. The van der Waals surface area contributed by atoms with Gasteiger partial charge in [0.05, 0.1) is 5.69 Å². The monoisotopic (exact) mass is 497 g/mol. The maximum Gasteiger partial charge on any atom is 0.273 e. The predicted octanol–water partition coefficient (Wildman–Crippen LogP) is 3.95. The highest BCUT2D eigenvalue weighted by molar-refractivity contribution is 7.10. The molecule has 1 aliphatic rings. The molecule has 8 nitrogen and oxygen atoms in total. The van der Waals surface area contributed by atoms with E-state index in [1.807, 2.05) is 49.6 Å². The second-order valence-electron chi connectivity index (χ2n) is 8.51. The molecule has 1 atom stereocenters. The third-order valence-corrected chi connectivity index (χ3v) is 7.80. The molecule has 0 radical (unpaired) electrons. The van der Waals surface area contributed by atoms with Crippen LogP contribution in [-0.4, -0.2) is 28.1 Å². The van der Waals surface area contributed by atoms with E-state index in [2.05, 4.69) is 9.69 Å². The smallest absolute Gasteiger partial charge is 0.273 e. The number of benzene rings is 1. The first kappa shape index (κ1) is 23.9. The number of thiophene rings is 1. The van der Waals surface area contributed by atoms with Crippen LogP contribution in [-0.2, 0) is 4.79 Å². The van der Waals surface area contributed by atoms with Gasteiger partial charge in [0.25, 0.3) is 11.8 Å². The van der Waals surface area contributed by atoms with Gasteiger partial charge in [-0.1, -0.05) is 31.0 Å². The van der Waals surface area contributed by atoms with Crippen LogP contribution in [0.2, 0.25) is 0 Å². The summed E-state index contributed by atoms with van der Waals surface area (Å²) in [4.78, 5) is 41.8. The third kappa shape index (κ3) is 4.69. The third-order valence-electron chi connectivity index (χ3n) is 6.02. The highest BCUT2D eigenvalue weighted by Crippen LogP contribution is 2.37. The summed E-state index contributed by atoms with van der Waals surface area (Å²) in [5.74, 6) is -1.56. The van der Waals surface area contributed by atoms with E-state index < -0.39 is 17.9 Å². The van der Waals surface area contributed by atoms with Crippen molar-refractivity contribution in [1.82, 2.24) is 9.69 Å². The van der Waals surface area contributed by atoms with Crippen LogP contribution in [0.25, 0.3) is 0 Å². The second-order valence-corrected chi connectivity index (χ2v) is 10.3. The fourth-order valence-corrected chi connectivity index (χ4v) is 5.81. The van der Waals surface area contributed by atoms with Crippen molar-refractivity contribution in [2.24, 2.45) is 5.73 Å². The number of nitrogen functional groups attached to an aromatic ring is 1. The number of hydrogen-bond acceptors (Lipinski definition) is 7. The molecular weight excluding hydrogens is 470 g/mol. The average molecular weight is 498 g/mol. The summed E-state index contributed by atoms with van der Waals surface area (Å²) in [6.07, 6.45) is 3.98. The first-order chi connectivity index (χ1) is 16.3. The van der Waals surface area contributed by atoms with Crippen LogP contribution < -0.4 is 21.7 Å². The Morgan fingerprint density at radius 2 is 1.91 bits per heavy atom. The number of rotatable bonds is 7. The van der Waals surface area contributed by atoms with Gasteiger partial charge in [0.15, 0.2) is 11.7 Å². The SMILES string of the molecule is Cc1ccc(C)c(N(C(=O)c2snc(C(N)=O)c2N)C(C(=O)NC2CCCC2)c2cccs2)c1. The molecule has 1 unspecified atom stereocenters. The highest BCUT2D eigenvalue weighted by atomic mass is 32.1. The van der Waals surface area contributed by atoms with Gasteiger partial charge in [-0.2, -0.15) is 4.37 Å². The van der Waals surface area contributed by atoms with E-state index in [9.17, 15) is 14.4 Å². The predicted molar refractivity (Wildman–Crippen MR) is 135 cm³/mol. The van der Waals surface area contributed by atoms with Gasteiger partial charge in [-0.3, -0.25) is 19.3 Å². The molecule has 3 amide bonds. The van der Waals surface area contributed by atoms with Crippen molar-refractivity contribution in [1.29, 1.82) is 0 Å². The molecule has 34 heavy (non-hydrogen) atoms. The van der Waals surface area contributed by atoms with Gasteiger partial charge >= 0.3 is 0 Å². The number of nitrogens with two attached hydrogens (primary N) is 2. The molecule has 2 aromatic heterocycles. The molecule has 0 saturated heterocycles. The van der Waals surface area contributed by atoms with Crippen molar-refractivity contribution in [3.8, 4) is 0 Å². The van der Waals surface area contributed by atoms with Crippen molar-refractivity contribution < 1.29 is 14.4 Å². The first-order valence-corrected chi connectivity index (χ1v) is 12.7. The molecule has 0 bridgehead atoms. The van der Waals surface area contributed by atoms with Gasteiger partial charge < -0.3 is 16.8 Å². The molecule has 10 heteroatoms. The van der Waals surface area contributed by atoms with Gasteiger partial charge in [0.1, 0.15) is 4.88 Å². The second kappa shape index (κ2) is 9.94. The Bertz CT molecular complexity index is 1220. The highest BCUT2D eigenvalue weighted by Gasteiger charge is 2.38. The summed E-state index contributed by atoms with van der Waals surface area (Å²) in [5.41, 5.74) is 13.6. The van der Waals surface area contributed by atoms with E-state index in [-0.39, 0.29) is 28.2 Å². The largest absolute Gasteiger partial charge is 0.395 e. The zero-order valence-corrected chi connectivity index (χ0v) is 20.7. The van der Waals surface area contributed by atoms with Crippen molar-refractivity contribution in [2.45, 2.75) is 51.6 Å². The minimum Gasteiger partial charge on any atom is -0.395 e. The van der Waals surface area contributed by atoms with Crippen molar-refractivity contribution in [3.05, 3.63) is 62.3 Å². The van der Waals surface area contributed by atoms with Crippen LogP contribution in [0.4, 0.5) is 11.4 Å². The minimum atomic E-state index is -0.910. The molecule has 178 valence electrons. The van der Waals surface area contributed by atoms with Crippen LogP contribution >= 0.6 is 22.9 Å². The standard InChI is InChI=1S/C24H27N5O3S2/c1-13-9-10-14(2)16(12-13)29(24(32)21-18(25)19(22(26)30)28-34-21)20(17-8-5-11-33-17)23(31)27-15-6-3-4-7-15/h5,8-12,15,20H,3-4,6-7,25H2,1-2H3,(H2,26,30)(H,27,31). The number of nitrogens with zero attached hydrogens (tertiary/aromatic N) is 2. The van der Waals surface area contributed by atoms with Crippen LogP contribution in [0, 0.1) is 13.8 Å². The molecular formula is C24H27N5O3S2. The molecule has 1 aromatic carbocycles. The molecule has 3 aromatic rings. The molecule has 1 aliphatic carbocycles. The summed E-state index contributed by atoms with van der Waals surface area (Å²) in [6, 6.07) is 8.62. The number of aryl methyl sites for hydroxylation is 2. The molecule has 0 aliphatic heterocycles. The van der Waals surface area contributed by atoms with Gasteiger partial charge in [-0.15, -0.1) is 11.3 Å². The van der Waals surface area contributed by atoms with E-state index in [0.717, 1.165) is 53.2 Å². The molecule has 1 fully saturated rings. The number of nitrogens with one attached hydrogen (secondary N) is 1. The van der Waals surface area contributed by atoms with Gasteiger partial charge in [-0.25, -0.2) is 0 Å². The number of primary amides is 1. The van der Waals surface area contributed by atoms with Crippen molar-refractivity contribution in [2.75, 3.05) is 10.6 Å². The topological polar surface area (TPSA) is 131 Å². The van der Waals surface area contributed by atoms with E-state index in [1.54, 1.807) is 0 Å². The molecule has 0 spiro atoms. The lowest BCUT2D eigenvalue weighted by atomic mass is 10.0. The zero-order chi connectivity index (χ0) is 24.4. The maximum absolute atomic E-state index is 14.0. The Morgan fingerprint density at radius 3 is 2.53 bits per heavy atom. The first-order valence-electron chi connectivity index (χ1n) is 11.1. The van der Waals surface area contributed by atoms with E-state index in [1.165, 1.54) is 16.2 Å². The van der Waals surface area contributed by atoms with E-state index in [0.29, 0.717) is 5.69 Å². The van der Waals surface area contributed by atoms with E-state index in [4.69, 9.17) is 11.5 Å². The Balaban J connectivity index is 1.85. The molecule has 4 rings (SSSR count). The molecule has 5 N–H and O–H groups in total. The minimum absolute atomic E-state index is 0.0704. The van der Waals surface area contributed by atoms with Crippen LogP contribution in [0.3, 0.4) is 0 Å². The Kier molecular flexibility index (Phi) is 6.99. The van der Waals surface area contributed by atoms with Crippen LogP contribution in [0.1, 0.15) is 67.9 Å². The lowest BCUT2D eigenvalue weighted by molar-refractivity contribution is -0.123. The molecule has 2 heterocycles. The van der Waals surface area contributed by atoms with Crippen LogP contribution in [0.5, 0.6) is 0 Å². The quantitative estimate of drug-likeness (QED) is 0.455. The van der Waals surface area contributed by atoms with Crippen molar-refractivity contribution in [3.63, 3.8) is 0 Å². The van der Waals surface area contributed by atoms with Gasteiger partial charge in [-0.05, 0) is 66.9 Å². The average Bonchev–Trinajstić information content (AvgIpc) is 3.56. The Hall–Kier alpha value is -3.24. The number of carbonyl (C=O) groups excluding carboxylic acids is 3. The Morgan fingerprint density at radius 1 is 1.18 bits per heavy atom. The zero-order valence-electron chi connectivity index (χ0n) is 19.0. The maximum atomic E-state index is 14.0. The lowest BCUT2D eigenvalue weighted by Gasteiger charge is -2.32. The lowest BCUT2D eigenvalue weighted by Crippen LogP contribution is -2.46. The van der Waals surface area contributed by atoms with E-state index >= 15 is 0 Å². The summed E-state index contributed by atoms with van der Waals surface area (Å²) < 4.78 is 4.00. The van der Waals surface area contributed by atoms with Crippen molar-refractivity contribution >= 4 is 52.0 Å². The van der Waals surface area contributed by atoms with Gasteiger partial charge in [0, 0.05) is 16.6 Å². The number of amides is 3. The molecule has 1 saturated carbocycles.